The van der Waals surface area contributed by atoms with Crippen molar-refractivity contribution in [3.05, 3.63) is 48.5 Å². The molecule has 13 heteroatoms. The van der Waals surface area contributed by atoms with Gasteiger partial charge in [-0.2, -0.15) is 4.52 Å². The van der Waals surface area contributed by atoms with Gasteiger partial charge in [0, 0.05) is 24.7 Å². The molecule has 0 saturated heterocycles. The van der Waals surface area contributed by atoms with Crippen molar-refractivity contribution in [1.29, 1.82) is 0 Å². The molecule has 12 nitrogen and oxygen atoms in total. The number of methoxy groups -OCH3 is 2. The zero-order chi connectivity index (χ0) is 27.1. The smallest absolute Gasteiger partial charge is 0.244 e. The van der Waals surface area contributed by atoms with E-state index in [2.05, 4.69) is 20.0 Å². The van der Waals surface area contributed by atoms with E-state index in [4.69, 9.17) is 23.7 Å². The second-order valence-electron chi connectivity index (χ2n) is 7.75. The van der Waals surface area contributed by atoms with Gasteiger partial charge in [-0.25, -0.2) is 13.1 Å². The first-order valence-corrected chi connectivity index (χ1v) is 13.4. The van der Waals surface area contributed by atoms with E-state index in [9.17, 15) is 8.42 Å². The second kappa shape index (κ2) is 12.0. The van der Waals surface area contributed by atoms with Gasteiger partial charge in [0.15, 0.2) is 11.5 Å². The number of fused-ring (bicyclic) bond motifs is 1. The Morgan fingerprint density at radius 2 is 1.63 bits per heavy atom. The number of nitrogens with zero attached hydrogens (tertiary/aromatic N) is 4. The van der Waals surface area contributed by atoms with Crippen molar-refractivity contribution in [3.63, 3.8) is 0 Å². The van der Waals surface area contributed by atoms with Crippen LogP contribution in [0.25, 0.3) is 17.0 Å². The summed E-state index contributed by atoms with van der Waals surface area (Å²) in [5.41, 5.74) is 1.17. The Morgan fingerprint density at radius 3 is 2.37 bits per heavy atom. The monoisotopic (exact) mass is 543 g/mol. The summed E-state index contributed by atoms with van der Waals surface area (Å²) in [5.74, 6) is 2.56. The lowest BCUT2D eigenvalue weighted by molar-refractivity contribution is 0.305. The van der Waals surface area contributed by atoms with Crippen molar-refractivity contribution < 1.29 is 32.1 Å². The molecule has 2 aromatic heterocycles. The Kier molecular flexibility index (Phi) is 8.48. The van der Waals surface area contributed by atoms with Crippen LogP contribution in [0.1, 0.15) is 13.8 Å². The Hall–Kier alpha value is -4.10. The SMILES string of the molecule is CCOc1ccc(OCC)c(S(=O)(=O)NCCOc2ccc3nnc(-c4ccc(OC)cc4OC)n3n2)c1. The molecule has 0 bridgehead atoms. The minimum absolute atomic E-state index is 0.00613. The second-order valence-corrected chi connectivity index (χ2v) is 9.49. The minimum atomic E-state index is -3.90. The van der Waals surface area contributed by atoms with Crippen LogP contribution in [0.15, 0.2) is 53.4 Å². The highest BCUT2D eigenvalue weighted by atomic mass is 32.2. The third-order valence-corrected chi connectivity index (χ3v) is 6.83. The number of sulfonamides is 1. The van der Waals surface area contributed by atoms with Crippen LogP contribution in [0.4, 0.5) is 0 Å². The maximum absolute atomic E-state index is 13.0. The van der Waals surface area contributed by atoms with Gasteiger partial charge in [0.1, 0.15) is 34.5 Å². The number of nitrogens with one attached hydrogen (secondary N) is 1. The molecule has 202 valence electrons. The number of hydrogen-bond donors (Lipinski definition) is 1. The van der Waals surface area contributed by atoms with E-state index in [1.54, 1.807) is 63.6 Å². The van der Waals surface area contributed by atoms with Crippen LogP contribution in [0.5, 0.6) is 28.9 Å². The Bertz CT molecular complexity index is 1510. The fourth-order valence-electron chi connectivity index (χ4n) is 3.64. The van der Waals surface area contributed by atoms with E-state index >= 15 is 0 Å². The van der Waals surface area contributed by atoms with Crippen LogP contribution in [0.2, 0.25) is 0 Å². The molecular formula is C25H29N5O7S. The van der Waals surface area contributed by atoms with Gasteiger partial charge in [-0.3, -0.25) is 0 Å². The van der Waals surface area contributed by atoms with Crippen molar-refractivity contribution in [1.82, 2.24) is 24.5 Å². The Balaban J connectivity index is 1.47. The number of aromatic nitrogens is 4. The molecule has 1 N–H and O–H groups in total. The third-order valence-electron chi connectivity index (χ3n) is 5.35. The molecule has 0 unspecified atom stereocenters. The standard InChI is InChI=1S/C25H29N5O7S/c1-5-35-18-8-10-20(36-6-2)22(16-18)38(31,32)26-13-14-37-24-12-11-23-27-28-25(30(23)29-24)19-9-7-17(33-3)15-21(19)34-4/h7-12,15-16,26H,5-6,13-14H2,1-4H3. The lowest BCUT2D eigenvalue weighted by Gasteiger charge is -2.14. The van der Waals surface area contributed by atoms with Gasteiger partial charge in [0.25, 0.3) is 0 Å². The molecule has 2 aromatic carbocycles. The highest BCUT2D eigenvalue weighted by molar-refractivity contribution is 7.89. The molecule has 0 aliphatic rings. The normalized spacial score (nSPS) is 11.4. The van der Waals surface area contributed by atoms with Crippen molar-refractivity contribution in [2.45, 2.75) is 18.7 Å². The van der Waals surface area contributed by atoms with E-state index in [0.717, 1.165) is 0 Å². The molecule has 0 saturated carbocycles. The fourth-order valence-corrected chi connectivity index (χ4v) is 4.81. The van der Waals surface area contributed by atoms with Crippen molar-refractivity contribution >= 4 is 15.7 Å². The van der Waals surface area contributed by atoms with Crippen molar-refractivity contribution in [2.75, 3.05) is 40.6 Å². The predicted molar refractivity (Wildman–Crippen MR) is 139 cm³/mol. The van der Waals surface area contributed by atoms with Crippen LogP contribution in [-0.2, 0) is 10.0 Å². The molecule has 0 amide bonds. The zero-order valence-electron chi connectivity index (χ0n) is 21.5. The van der Waals surface area contributed by atoms with E-state index in [1.807, 2.05) is 6.92 Å². The average Bonchev–Trinajstić information content (AvgIpc) is 3.35. The largest absolute Gasteiger partial charge is 0.497 e. The molecule has 0 fully saturated rings. The van der Waals surface area contributed by atoms with E-state index in [-0.39, 0.29) is 29.7 Å². The molecule has 38 heavy (non-hydrogen) atoms. The number of benzene rings is 2. The summed E-state index contributed by atoms with van der Waals surface area (Å²) in [4.78, 5) is -0.00702. The first-order valence-electron chi connectivity index (χ1n) is 11.9. The van der Waals surface area contributed by atoms with Crippen LogP contribution in [-0.4, -0.2) is 68.8 Å². The van der Waals surface area contributed by atoms with Crippen molar-refractivity contribution in [2.24, 2.45) is 0 Å². The fraction of sp³-hybridized carbons (Fsp3) is 0.320. The lowest BCUT2D eigenvalue weighted by atomic mass is 10.2. The van der Waals surface area contributed by atoms with Gasteiger partial charge in [-0.15, -0.1) is 15.3 Å². The first kappa shape index (κ1) is 26.9. The molecule has 2 heterocycles. The number of rotatable bonds is 13. The van der Waals surface area contributed by atoms with Crippen LogP contribution >= 0.6 is 0 Å². The van der Waals surface area contributed by atoms with Crippen LogP contribution in [0, 0.1) is 0 Å². The summed E-state index contributed by atoms with van der Waals surface area (Å²) in [6, 6.07) is 13.3. The van der Waals surface area contributed by atoms with Gasteiger partial charge in [0.05, 0.1) is 33.0 Å². The molecule has 0 atom stereocenters. The van der Waals surface area contributed by atoms with Crippen LogP contribution < -0.4 is 28.4 Å². The Morgan fingerprint density at radius 1 is 0.842 bits per heavy atom. The molecule has 4 aromatic rings. The first-order chi connectivity index (χ1) is 18.4. The maximum atomic E-state index is 13.0. The number of hydrogen-bond acceptors (Lipinski definition) is 10. The van der Waals surface area contributed by atoms with Gasteiger partial charge in [-0.05, 0) is 44.2 Å². The average molecular weight is 544 g/mol. The summed E-state index contributed by atoms with van der Waals surface area (Å²) in [6.45, 7) is 4.35. The summed E-state index contributed by atoms with van der Waals surface area (Å²) < 4.78 is 57.4. The van der Waals surface area contributed by atoms with Gasteiger partial charge < -0.3 is 23.7 Å². The predicted octanol–water partition coefficient (Wildman–Crippen LogP) is 2.96. The quantitative estimate of drug-likeness (QED) is 0.251. The van der Waals surface area contributed by atoms with Gasteiger partial charge in [0.2, 0.25) is 15.9 Å². The highest BCUT2D eigenvalue weighted by Gasteiger charge is 2.21. The molecule has 4 rings (SSSR count). The molecule has 0 spiro atoms. The minimum Gasteiger partial charge on any atom is -0.497 e. The Labute approximate surface area is 220 Å². The van der Waals surface area contributed by atoms with E-state index in [0.29, 0.717) is 47.5 Å². The van der Waals surface area contributed by atoms with Gasteiger partial charge in [-0.1, -0.05) is 0 Å². The van der Waals surface area contributed by atoms with E-state index in [1.165, 1.54) is 10.6 Å². The molecule has 0 aliphatic carbocycles. The summed E-state index contributed by atoms with van der Waals surface area (Å²) in [5, 5.41) is 12.9. The summed E-state index contributed by atoms with van der Waals surface area (Å²) >= 11 is 0. The molecule has 0 aliphatic heterocycles. The highest BCUT2D eigenvalue weighted by Crippen LogP contribution is 2.32. The maximum Gasteiger partial charge on any atom is 0.244 e. The molecule has 0 radical (unpaired) electrons. The van der Waals surface area contributed by atoms with E-state index < -0.39 is 10.0 Å². The zero-order valence-corrected chi connectivity index (χ0v) is 22.3. The van der Waals surface area contributed by atoms with Gasteiger partial charge >= 0.3 is 0 Å². The summed E-state index contributed by atoms with van der Waals surface area (Å²) in [6.07, 6.45) is 0. The molecular weight excluding hydrogens is 514 g/mol. The van der Waals surface area contributed by atoms with Crippen LogP contribution in [0.3, 0.4) is 0 Å². The lowest BCUT2D eigenvalue weighted by Crippen LogP contribution is -2.29. The number of ether oxygens (including phenoxy) is 5. The van der Waals surface area contributed by atoms with Crippen molar-refractivity contribution in [3.8, 4) is 40.3 Å². The topological polar surface area (TPSA) is 135 Å². The summed E-state index contributed by atoms with van der Waals surface area (Å²) in [7, 11) is -0.773. The third kappa shape index (κ3) is 5.89.